The van der Waals surface area contributed by atoms with Crippen molar-refractivity contribution in [3.8, 4) is 0 Å². The number of guanidine groups is 1. The van der Waals surface area contributed by atoms with Crippen LogP contribution in [0.2, 0.25) is 0 Å². The highest BCUT2D eigenvalue weighted by molar-refractivity contribution is 5.75. The van der Waals surface area contributed by atoms with Crippen LogP contribution in [-0.4, -0.2) is 35.7 Å². The monoisotopic (exact) mass is 171 g/mol. The zero-order valence-corrected chi connectivity index (χ0v) is 7.67. The van der Waals surface area contributed by atoms with Gasteiger partial charge in [0.05, 0.1) is 0 Å². The van der Waals surface area contributed by atoms with E-state index in [-0.39, 0.29) is 23.9 Å². The van der Waals surface area contributed by atoms with Gasteiger partial charge in [0.15, 0.2) is 5.96 Å². The maximum atomic E-state index is 9.06. The van der Waals surface area contributed by atoms with Crippen LogP contribution in [0.4, 0.5) is 0 Å². The molecule has 1 heterocycles. The molecule has 0 aliphatic carbocycles. The molecule has 1 aliphatic rings. The van der Waals surface area contributed by atoms with Crippen LogP contribution in [-0.2, 0) is 0 Å². The van der Waals surface area contributed by atoms with E-state index in [1.54, 1.807) is 4.90 Å². The SMILES string of the molecule is CC1(C)CN(C(=N)N)C[C@H]1CO. The Morgan fingerprint density at radius 1 is 1.75 bits per heavy atom. The summed E-state index contributed by atoms with van der Waals surface area (Å²) in [5, 5.41) is 16.3. The molecule has 1 saturated heterocycles. The van der Waals surface area contributed by atoms with Crippen molar-refractivity contribution in [3.05, 3.63) is 0 Å². The Bertz CT molecular complexity index is 191. The molecular formula is C8H17N3O. The molecule has 1 aliphatic heterocycles. The van der Waals surface area contributed by atoms with Crippen molar-refractivity contribution in [2.75, 3.05) is 19.7 Å². The van der Waals surface area contributed by atoms with E-state index in [0.717, 1.165) is 6.54 Å². The fourth-order valence-corrected chi connectivity index (χ4v) is 1.69. The predicted molar refractivity (Wildman–Crippen MR) is 47.8 cm³/mol. The zero-order valence-electron chi connectivity index (χ0n) is 7.67. The zero-order chi connectivity index (χ0) is 9.35. The van der Waals surface area contributed by atoms with E-state index in [1.807, 2.05) is 0 Å². The highest BCUT2D eigenvalue weighted by atomic mass is 16.3. The standard InChI is InChI=1S/C8H17N3O/c1-8(2)5-11(7(9)10)3-6(8)4-12/h6,12H,3-5H2,1-2H3,(H3,9,10)/t6-/m0/s1. The van der Waals surface area contributed by atoms with Crippen molar-refractivity contribution in [2.45, 2.75) is 13.8 Å². The Labute approximate surface area is 72.9 Å². The lowest BCUT2D eigenvalue weighted by Gasteiger charge is -2.23. The molecule has 12 heavy (non-hydrogen) atoms. The van der Waals surface area contributed by atoms with Crippen molar-refractivity contribution in [2.24, 2.45) is 17.1 Å². The number of rotatable bonds is 1. The molecule has 0 amide bonds. The topological polar surface area (TPSA) is 73.3 Å². The van der Waals surface area contributed by atoms with Crippen LogP contribution < -0.4 is 5.73 Å². The van der Waals surface area contributed by atoms with Crippen molar-refractivity contribution < 1.29 is 5.11 Å². The summed E-state index contributed by atoms with van der Waals surface area (Å²) in [5.74, 6) is 0.348. The Kier molecular flexibility index (Phi) is 2.28. The van der Waals surface area contributed by atoms with E-state index in [0.29, 0.717) is 6.54 Å². The molecule has 4 N–H and O–H groups in total. The molecular weight excluding hydrogens is 154 g/mol. The number of likely N-dealkylation sites (tertiary alicyclic amines) is 1. The largest absolute Gasteiger partial charge is 0.396 e. The van der Waals surface area contributed by atoms with Gasteiger partial charge in [-0.1, -0.05) is 13.8 Å². The predicted octanol–water partition coefficient (Wildman–Crippen LogP) is -0.170. The highest BCUT2D eigenvalue weighted by Crippen LogP contribution is 2.34. The first-order valence-corrected chi connectivity index (χ1v) is 4.17. The Morgan fingerprint density at radius 3 is 2.58 bits per heavy atom. The summed E-state index contributed by atoms with van der Waals surface area (Å²) >= 11 is 0. The fourth-order valence-electron chi connectivity index (χ4n) is 1.69. The van der Waals surface area contributed by atoms with Crippen LogP contribution in [0.25, 0.3) is 0 Å². The van der Waals surface area contributed by atoms with Crippen LogP contribution in [0.5, 0.6) is 0 Å². The molecule has 0 aromatic carbocycles. The van der Waals surface area contributed by atoms with E-state index in [1.165, 1.54) is 0 Å². The van der Waals surface area contributed by atoms with Gasteiger partial charge < -0.3 is 15.7 Å². The van der Waals surface area contributed by atoms with Gasteiger partial charge in [-0.25, -0.2) is 0 Å². The van der Waals surface area contributed by atoms with Crippen LogP contribution in [0, 0.1) is 16.7 Å². The van der Waals surface area contributed by atoms with Gasteiger partial charge >= 0.3 is 0 Å². The van der Waals surface area contributed by atoms with E-state index in [2.05, 4.69) is 13.8 Å². The molecule has 0 bridgehead atoms. The summed E-state index contributed by atoms with van der Waals surface area (Å²) < 4.78 is 0. The Morgan fingerprint density at radius 2 is 2.33 bits per heavy atom. The first-order chi connectivity index (χ1) is 5.47. The van der Waals surface area contributed by atoms with Crippen molar-refractivity contribution >= 4 is 5.96 Å². The fraction of sp³-hybridized carbons (Fsp3) is 0.875. The van der Waals surface area contributed by atoms with E-state index in [4.69, 9.17) is 16.2 Å². The molecule has 0 unspecified atom stereocenters. The molecule has 0 saturated carbocycles. The number of hydrogen-bond donors (Lipinski definition) is 3. The van der Waals surface area contributed by atoms with Gasteiger partial charge in [0.1, 0.15) is 0 Å². The minimum absolute atomic E-state index is 0.0699. The second kappa shape index (κ2) is 2.94. The summed E-state index contributed by atoms with van der Waals surface area (Å²) in [6.45, 7) is 5.84. The average Bonchev–Trinajstić information content (AvgIpc) is 2.25. The van der Waals surface area contributed by atoms with Crippen LogP contribution in [0.15, 0.2) is 0 Å². The van der Waals surface area contributed by atoms with Crippen molar-refractivity contribution in [3.63, 3.8) is 0 Å². The molecule has 0 radical (unpaired) electrons. The minimum Gasteiger partial charge on any atom is -0.396 e. The van der Waals surface area contributed by atoms with Gasteiger partial charge in [-0.15, -0.1) is 0 Å². The molecule has 1 atom stereocenters. The van der Waals surface area contributed by atoms with E-state index < -0.39 is 0 Å². The minimum atomic E-state index is 0.0699. The molecule has 0 spiro atoms. The van der Waals surface area contributed by atoms with Gasteiger partial charge in [0, 0.05) is 25.6 Å². The summed E-state index contributed by atoms with van der Waals surface area (Å²) in [4.78, 5) is 1.81. The third-order valence-corrected chi connectivity index (χ3v) is 2.71. The number of nitrogens with one attached hydrogen (secondary N) is 1. The van der Waals surface area contributed by atoms with Crippen molar-refractivity contribution in [1.29, 1.82) is 5.41 Å². The molecule has 0 aromatic heterocycles. The first kappa shape index (κ1) is 9.32. The maximum absolute atomic E-state index is 9.06. The summed E-state index contributed by atoms with van der Waals surface area (Å²) in [7, 11) is 0. The number of nitrogens with zero attached hydrogens (tertiary/aromatic N) is 1. The van der Waals surface area contributed by atoms with Gasteiger partial charge in [-0.3, -0.25) is 5.41 Å². The molecule has 70 valence electrons. The van der Waals surface area contributed by atoms with Gasteiger partial charge in [0.2, 0.25) is 0 Å². The molecule has 4 heteroatoms. The third kappa shape index (κ3) is 1.53. The Hall–Kier alpha value is -0.770. The lowest BCUT2D eigenvalue weighted by atomic mass is 9.83. The van der Waals surface area contributed by atoms with Gasteiger partial charge in [-0.05, 0) is 5.41 Å². The normalized spacial score (nSPS) is 27.6. The van der Waals surface area contributed by atoms with Crippen molar-refractivity contribution in [1.82, 2.24) is 4.90 Å². The third-order valence-electron chi connectivity index (χ3n) is 2.71. The number of nitrogens with two attached hydrogens (primary N) is 1. The summed E-state index contributed by atoms with van der Waals surface area (Å²) in [6.07, 6.45) is 0. The first-order valence-electron chi connectivity index (χ1n) is 4.17. The second-order valence-corrected chi connectivity index (χ2v) is 4.13. The summed E-state index contributed by atoms with van der Waals surface area (Å²) in [6, 6.07) is 0. The summed E-state index contributed by atoms with van der Waals surface area (Å²) in [5.41, 5.74) is 5.43. The van der Waals surface area contributed by atoms with Crippen LogP contribution in [0.1, 0.15) is 13.8 Å². The van der Waals surface area contributed by atoms with Gasteiger partial charge in [0.25, 0.3) is 0 Å². The molecule has 0 aromatic rings. The van der Waals surface area contributed by atoms with Crippen LogP contribution >= 0.6 is 0 Å². The van der Waals surface area contributed by atoms with Gasteiger partial charge in [-0.2, -0.15) is 0 Å². The smallest absolute Gasteiger partial charge is 0.188 e. The maximum Gasteiger partial charge on any atom is 0.188 e. The number of aliphatic hydroxyl groups is 1. The molecule has 4 nitrogen and oxygen atoms in total. The molecule has 1 fully saturated rings. The Balaban J connectivity index is 2.66. The lowest BCUT2D eigenvalue weighted by molar-refractivity contribution is 0.161. The number of hydrogen-bond acceptors (Lipinski definition) is 2. The number of aliphatic hydroxyl groups excluding tert-OH is 1. The average molecular weight is 171 g/mol. The van der Waals surface area contributed by atoms with E-state index in [9.17, 15) is 0 Å². The van der Waals surface area contributed by atoms with Crippen LogP contribution in [0.3, 0.4) is 0 Å². The second-order valence-electron chi connectivity index (χ2n) is 4.13. The molecule has 1 rings (SSSR count). The van der Waals surface area contributed by atoms with E-state index >= 15 is 0 Å². The quantitative estimate of drug-likeness (QED) is 0.379. The lowest BCUT2D eigenvalue weighted by Crippen LogP contribution is -2.35. The highest BCUT2D eigenvalue weighted by Gasteiger charge is 2.39.